The van der Waals surface area contributed by atoms with Crippen LogP contribution < -0.4 is 10.6 Å². The summed E-state index contributed by atoms with van der Waals surface area (Å²) < 4.78 is 5.20. The van der Waals surface area contributed by atoms with Gasteiger partial charge < -0.3 is 20.0 Å². The lowest BCUT2D eigenvalue weighted by atomic mass is 10.0. The number of furan rings is 1. The van der Waals surface area contributed by atoms with Gasteiger partial charge in [-0.05, 0) is 31.4 Å². The van der Waals surface area contributed by atoms with Crippen molar-refractivity contribution in [2.24, 2.45) is 0 Å². The van der Waals surface area contributed by atoms with Crippen molar-refractivity contribution >= 4 is 11.8 Å². The topological polar surface area (TPSA) is 77.8 Å². The third kappa shape index (κ3) is 4.15. The minimum Gasteiger partial charge on any atom is -0.459 e. The molecule has 1 aromatic heterocycles. The van der Waals surface area contributed by atoms with E-state index in [1.54, 1.807) is 17.0 Å². The van der Waals surface area contributed by atoms with Crippen LogP contribution in [0.1, 0.15) is 29.8 Å². The first-order valence-corrected chi connectivity index (χ1v) is 8.81. The number of piperazine rings is 1. The van der Waals surface area contributed by atoms with Gasteiger partial charge in [0.25, 0.3) is 5.91 Å². The van der Waals surface area contributed by atoms with E-state index in [4.69, 9.17) is 4.42 Å². The van der Waals surface area contributed by atoms with E-state index in [9.17, 15) is 9.59 Å². The number of nitrogens with zero attached hydrogens (tertiary/aromatic N) is 2. The highest BCUT2D eigenvalue weighted by molar-refractivity contribution is 5.95. The van der Waals surface area contributed by atoms with Crippen LogP contribution in [-0.2, 0) is 4.79 Å². The third-order valence-electron chi connectivity index (χ3n) is 4.74. The number of carbonyl (C=O) groups is 2. The minimum absolute atomic E-state index is 0.0512. The van der Waals surface area contributed by atoms with Gasteiger partial charge in [-0.1, -0.05) is 0 Å². The minimum atomic E-state index is -0.389. The molecular formula is C17H26N4O3. The van der Waals surface area contributed by atoms with Gasteiger partial charge in [-0.15, -0.1) is 0 Å². The van der Waals surface area contributed by atoms with Crippen LogP contribution in [0.4, 0.5) is 0 Å². The largest absolute Gasteiger partial charge is 0.459 e. The zero-order valence-corrected chi connectivity index (χ0v) is 14.0. The van der Waals surface area contributed by atoms with E-state index in [0.29, 0.717) is 25.3 Å². The van der Waals surface area contributed by atoms with Crippen LogP contribution in [0.25, 0.3) is 0 Å². The summed E-state index contributed by atoms with van der Waals surface area (Å²) in [5.74, 6) is 0.0576. The van der Waals surface area contributed by atoms with E-state index in [-0.39, 0.29) is 17.9 Å². The maximum absolute atomic E-state index is 12.6. The van der Waals surface area contributed by atoms with Gasteiger partial charge in [-0.2, -0.15) is 0 Å². The van der Waals surface area contributed by atoms with E-state index in [0.717, 1.165) is 45.6 Å². The molecule has 3 heterocycles. The Bertz CT molecular complexity index is 540. The maximum atomic E-state index is 12.6. The van der Waals surface area contributed by atoms with Crippen LogP contribution in [0.15, 0.2) is 22.8 Å². The van der Waals surface area contributed by atoms with Gasteiger partial charge in [0.05, 0.1) is 6.26 Å². The Hall–Kier alpha value is -1.86. The molecular weight excluding hydrogens is 308 g/mol. The molecule has 7 nitrogen and oxygen atoms in total. The van der Waals surface area contributed by atoms with Crippen molar-refractivity contribution in [3.63, 3.8) is 0 Å². The average Bonchev–Trinajstić information content (AvgIpc) is 3.16. The van der Waals surface area contributed by atoms with Crippen molar-refractivity contribution in [1.29, 1.82) is 0 Å². The molecule has 1 atom stereocenters. The van der Waals surface area contributed by atoms with Crippen molar-refractivity contribution in [2.75, 3.05) is 45.8 Å². The fraction of sp³-hybridized carbons (Fsp3) is 0.647. The summed E-state index contributed by atoms with van der Waals surface area (Å²) in [6.07, 6.45) is 4.10. The SMILES string of the molecule is O=C(NCCN1CCNCC1)C1CCCCN1C(=O)c1ccco1. The van der Waals surface area contributed by atoms with Crippen LogP contribution in [0.2, 0.25) is 0 Å². The van der Waals surface area contributed by atoms with Crippen molar-refractivity contribution in [3.05, 3.63) is 24.2 Å². The molecule has 1 unspecified atom stereocenters. The highest BCUT2D eigenvalue weighted by Crippen LogP contribution is 2.20. The smallest absolute Gasteiger partial charge is 0.290 e. The Morgan fingerprint density at radius 1 is 1.25 bits per heavy atom. The quantitative estimate of drug-likeness (QED) is 0.810. The van der Waals surface area contributed by atoms with Crippen molar-refractivity contribution < 1.29 is 14.0 Å². The Balaban J connectivity index is 1.52. The Morgan fingerprint density at radius 2 is 2.08 bits per heavy atom. The summed E-state index contributed by atoms with van der Waals surface area (Å²) >= 11 is 0. The second-order valence-corrected chi connectivity index (χ2v) is 6.37. The van der Waals surface area contributed by atoms with Gasteiger partial charge in [0.15, 0.2) is 5.76 Å². The van der Waals surface area contributed by atoms with Crippen LogP contribution in [-0.4, -0.2) is 73.5 Å². The molecule has 2 N–H and O–H groups in total. The lowest BCUT2D eigenvalue weighted by molar-refractivity contribution is -0.126. The summed E-state index contributed by atoms with van der Waals surface area (Å²) in [7, 11) is 0. The Kier molecular flexibility index (Phi) is 5.87. The number of hydrogen-bond donors (Lipinski definition) is 2. The molecule has 2 amide bonds. The van der Waals surface area contributed by atoms with Gasteiger partial charge in [0.1, 0.15) is 6.04 Å². The summed E-state index contributed by atoms with van der Waals surface area (Å²) in [6, 6.07) is 2.95. The number of likely N-dealkylation sites (tertiary alicyclic amines) is 1. The zero-order valence-electron chi connectivity index (χ0n) is 14.0. The van der Waals surface area contributed by atoms with Crippen LogP contribution in [0, 0.1) is 0 Å². The van der Waals surface area contributed by atoms with E-state index >= 15 is 0 Å². The number of piperidine rings is 1. The number of carbonyl (C=O) groups excluding carboxylic acids is 2. The first-order valence-electron chi connectivity index (χ1n) is 8.81. The standard InChI is InChI=1S/C17H26N4O3/c22-16(19-8-12-20-10-6-18-7-11-20)14-4-1-2-9-21(14)17(23)15-5-3-13-24-15/h3,5,13-14,18H,1-2,4,6-12H2,(H,19,22). The average molecular weight is 334 g/mol. The van der Waals surface area contributed by atoms with Crippen LogP contribution >= 0.6 is 0 Å². The highest BCUT2D eigenvalue weighted by atomic mass is 16.3. The molecule has 0 aliphatic carbocycles. The predicted molar refractivity (Wildman–Crippen MR) is 89.7 cm³/mol. The molecule has 2 saturated heterocycles. The molecule has 0 radical (unpaired) electrons. The first kappa shape index (κ1) is 17.0. The van der Waals surface area contributed by atoms with Crippen molar-refractivity contribution in [2.45, 2.75) is 25.3 Å². The number of amides is 2. The van der Waals surface area contributed by atoms with E-state index in [1.807, 2.05) is 0 Å². The molecule has 2 aliphatic heterocycles. The monoisotopic (exact) mass is 334 g/mol. The number of hydrogen-bond acceptors (Lipinski definition) is 5. The Labute approximate surface area is 142 Å². The molecule has 1 aromatic rings. The summed E-state index contributed by atoms with van der Waals surface area (Å²) in [4.78, 5) is 29.1. The van der Waals surface area contributed by atoms with E-state index < -0.39 is 0 Å². The van der Waals surface area contributed by atoms with Crippen molar-refractivity contribution in [1.82, 2.24) is 20.4 Å². The van der Waals surface area contributed by atoms with Gasteiger partial charge in [-0.25, -0.2) is 0 Å². The molecule has 3 rings (SSSR count). The maximum Gasteiger partial charge on any atom is 0.290 e. The van der Waals surface area contributed by atoms with E-state index in [1.165, 1.54) is 6.26 Å². The van der Waals surface area contributed by atoms with Gasteiger partial charge in [0.2, 0.25) is 5.91 Å². The number of nitrogens with one attached hydrogen (secondary N) is 2. The van der Waals surface area contributed by atoms with Crippen molar-refractivity contribution in [3.8, 4) is 0 Å². The normalized spacial score (nSPS) is 22.3. The van der Waals surface area contributed by atoms with E-state index in [2.05, 4.69) is 15.5 Å². The Morgan fingerprint density at radius 3 is 2.83 bits per heavy atom. The van der Waals surface area contributed by atoms with Crippen LogP contribution in [0.5, 0.6) is 0 Å². The molecule has 2 aliphatic rings. The fourth-order valence-corrected chi connectivity index (χ4v) is 3.38. The number of rotatable bonds is 5. The van der Waals surface area contributed by atoms with Crippen LogP contribution in [0.3, 0.4) is 0 Å². The lowest BCUT2D eigenvalue weighted by Crippen LogP contribution is -2.53. The molecule has 0 aromatic carbocycles. The molecule has 0 bridgehead atoms. The molecule has 0 spiro atoms. The third-order valence-corrected chi connectivity index (χ3v) is 4.74. The van der Waals surface area contributed by atoms with Gasteiger partial charge >= 0.3 is 0 Å². The molecule has 24 heavy (non-hydrogen) atoms. The summed E-state index contributed by atoms with van der Waals surface area (Å²) in [5.41, 5.74) is 0. The lowest BCUT2D eigenvalue weighted by Gasteiger charge is -2.34. The van der Waals surface area contributed by atoms with Gasteiger partial charge in [-0.3, -0.25) is 14.5 Å². The molecule has 0 saturated carbocycles. The fourth-order valence-electron chi connectivity index (χ4n) is 3.38. The molecule has 2 fully saturated rings. The zero-order chi connectivity index (χ0) is 16.8. The highest BCUT2D eigenvalue weighted by Gasteiger charge is 2.33. The van der Waals surface area contributed by atoms with Gasteiger partial charge in [0, 0.05) is 45.8 Å². The molecule has 132 valence electrons. The summed E-state index contributed by atoms with van der Waals surface area (Å²) in [6.45, 7) is 6.12. The first-order chi connectivity index (χ1) is 11.8. The summed E-state index contributed by atoms with van der Waals surface area (Å²) in [5, 5.41) is 6.32. The molecule has 7 heteroatoms. The predicted octanol–water partition coefficient (Wildman–Crippen LogP) is 0.296. The second-order valence-electron chi connectivity index (χ2n) is 6.37. The second kappa shape index (κ2) is 8.30.